The zero-order valence-corrected chi connectivity index (χ0v) is 16.6. The molecule has 0 aliphatic carbocycles. The number of hydrogen-bond acceptors (Lipinski definition) is 9. The Balaban J connectivity index is 1.66. The van der Waals surface area contributed by atoms with E-state index in [4.69, 9.17) is 14.2 Å². The first kappa shape index (κ1) is 21.2. The van der Waals surface area contributed by atoms with E-state index >= 15 is 0 Å². The lowest BCUT2D eigenvalue weighted by Crippen LogP contribution is -2.09. The maximum absolute atomic E-state index is 12.4. The van der Waals surface area contributed by atoms with Crippen molar-refractivity contribution >= 4 is 23.7 Å². The summed E-state index contributed by atoms with van der Waals surface area (Å²) < 4.78 is 15.8. The fraction of sp³-hybridized carbons (Fsp3) is 0.0952. The molecule has 0 saturated heterocycles. The Morgan fingerprint density at radius 1 is 1.06 bits per heavy atom. The molecule has 0 radical (unpaired) electrons. The minimum absolute atomic E-state index is 0.112. The molecule has 0 amide bonds. The highest BCUT2D eigenvalue weighted by atomic mass is 16.6. The lowest BCUT2D eigenvalue weighted by atomic mass is 10.2. The van der Waals surface area contributed by atoms with Crippen molar-refractivity contribution in [2.24, 2.45) is 5.10 Å². The van der Waals surface area contributed by atoms with Gasteiger partial charge in [-0.05, 0) is 54.1 Å². The third-order valence-corrected chi connectivity index (χ3v) is 4.07. The second kappa shape index (κ2) is 9.83. The quantitative estimate of drug-likeness (QED) is 0.192. The van der Waals surface area contributed by atoms with E-state index < -0.39 is 10.9 Å². The summed E-state index contributed by atoms with van der Waals surface area (Å²) in [6, 6.07) is 14.2. The first-order valence-corrected chi connectivity index (χ1v) is 8.94. The number of pyridine rings is 1. The first-order chi connectivity index (χ1) is 15.0. The van der Waals surface area contributed by atoms with Crippen LogP contribution in [0.5, 0.6) is 17.2 Å². The SMILES string of the molecule is COc1ccc(C(=O)Oc2ccc(/C=N\Nc3ccc([N+](=O)[O-])cn3)cc2OC)cc1. The van der Waals surface area contributed by atoms with Gasteiger partial charge in [-0.15, -0.1) is 0 Å². The molecule has 1 aromatic heterocycles. The Morgan fingerprint density at radius 2 is 1.84 bits per heavy atom. The van der Waals surface area contributed by atoms with E-state index in [2.05, 4.69) is 15.5 Å². The summed E-state index contributed by atoms with van der Waals surface area (Å²) in [7, 11) is 3.00. The molecular formula is C21H18N4O6. The summed E-state index contributed by atoms with van der Waals surface area (Å²) in [5.74, 6) is 1.05. The molecule has 0 atom stereocenters. The van der Waals surface area contributed by atoms with Gasteiger partial charge in [0.1, 0.15) is 17.8 Å². The van der Waals surface area contributed by atoms with Gasteiger partial charge in [-0.25, -0.2) is 9.78 Å². The molecule has 10 nitrogen and oxygen atoms in total. The average molecular weight is 422 g/mol. The van der Waals surface area contributed by atoms with Gasteiger partial charge in [-0.3, -0.25) is 15.5 Å². The van der Waals surface area contributed by atoms with E-state index in [1.54, 1.807) is 49.6 Å². The number of ether oxygens (including phenoxy) is 3. The number of methoxy groups -OCH3 is 2. The van der Waals surface area contributed by atoms with Crippen molar-refractivity contribution < 1.29 is 23.9 Å². The van der Waals surface area contributed by atoms with Gasteiger partial charge in [0.25, 0.3) is 5.69 Å². The number of nitrogens with zero attached hydrogens (tertiary/aromatic N) is 3. The first-order valence-electron chi connectivity index (χ1n) is 8.94. The Bertz CT molecular complexity index is 1100. The molecule has 10 heteroatoms. The number of nitro groups is 1. The molecule has 3 rings (SSSR count). The van der Waals surface area contributed by atoms with Crippen LogP contribution >= 0.6 is 0 Å². The smallest absolute Gasteiger partial charge is 0.343 e. The highest BCUT2D eigenvalue weighted by Gasteiger charge is 2.13. The van der Waals surface area contributed by atoms with Gasteiger partial charge < -0.3 is 14.2 Å². The monoisotopic (exact) mass is 422 g/mol. The molecule has 1 N–H and O–H groups in total. The number of aromatic nitrogens is 1. The van der Waals surface area contributed by atoms with Crippen molar-refractivity contribution in [1.29, 1.82) is 0 Å². The number of anilines is 1. The van der Waals surface area contributed by atoms with E-state index in [1.807, 2.05) is 0 Å². The van der Waals surface area contributed by atoms with Crippen LogP contribution in [-0.2, 0) is 0 Å². The molecule has 0 aliphatic rings. The lowest BCUT2D eigenvalue weighted by molar-refractivity contribution is -0.385. The molecule has 0 unspecified atom stereocenters. The standard InChI is InChI=1S/C21H18N4O6/c1-29-17-7-4-15(5-8-17)21(26)31-18-9-3-14(11-19(18)30-2)12-23-24-20-10-6-16(13-22-20)25(27)28/h3-13H,1-2H3,(H,22,24)/b23-12-. The van der Waals surface area contributed by atoms with E-state index in [0.717, 1.165) is 6.20 Å². The largest absolute Gasteiger partial charge is 0.497 e. The van der Waals surface area contributed by atoms with Crippen LogP contribution in [0.4, 0.5) is 11.5 Å². The summed E-state index contributed by atoms with van der Waals surface area (Å²) in [5.41, 5.74) is 3.59. The second-order valence-corrected chi connectivity index (χ2v) is 6.06. The van der Waals surface area contributed by atoms with Gasteiger partial charge in [-0.1, -0.05) is 0 Å². The number of carbonyl (C=O) groups excluding carboxylic acids is 1. The van der Waals surface area contributed by atoms with Crippen LogP contribution in [0.3, 0.4) is 0 Å². The Labute approximate surface area is 177 Å². The van der Waals surface area contributed by atoms with Crippen molar-refractivity contribution in [3.8, 4) is 17.2 Å². The predicted molar refractivity (Wildman–Crippen MR) is 113 cm³/mol. The van der Waals surface area contributed by atoms with Crippen LogP contribution < -0.4 is 19.6 Å². The Hall–Kier alpha value is -4.47. The van der Waals surface area contributed by atoms with Gasteiger partial charge >= 0.3 is 5.97 Å². The van der Waals surface area contributed by atoms with Crippen LogP contribution in [0, 0.1) is 10.1 Å². The average Bonchev–Trinajstić information content (AvgIpc) is 2.80. The predicted octanol–water partition coefficient (Wildman–Crippen LogP) is 3.67. The van der Waals surface area contributed by atoms with E-state index in [0.29, 0.717) is 28.4 Å². The van der Waals surface area contributed by atoms with Crippen LogP contribution in [0.1, 0.15) is 15.9 Å². The molecule has 31 heavy (non-hydrogen) atoms. The molecule has 0 aliphatic heterocycles. The molecular weight excluding hydrogens is 404 g/mol. The van der Waals surface area contributed by atoms with E-state index in [-0.39, 0.29) is 11.4 Å². The normalized spacial score (nSPS) is 10.5. The summed E-state index contributed by atoms with van der Waals surface area (Å²) in [6.07, 6.45) is 2.63. The molecule has 3 aromatic rings. The summed E-state index contributed by atoms with van der Waals surface area (Å²) >= 11 is 0. The van der Waals surface area contributed by atoms with Crippen molar-refractivity contribution in [2.75, 3.05) is 19.6 Å². The third-order valence-electron chi connectivity index (χ3n) is 4.07. The van der Waals surface area contributed by atoms with Crippen molar-refractivity contribution in [3.05, 3.63) is 82.0 Å². The van der Waals surface area contributed by atoms with Gasteiger partial charge in [0.15, 0.2) is 11.5 Å². The number of esters is 1. The minimum atomic E-state index is -0.534. The van der Waals surface area contributed by atoms with Crippen LogP contribution in [-0.4, -0.2) is 36.3 Å². The van der Waals surface area contributed by atoms with Crippen molar-refractivity contribution in [3.63, 3.8) is 0 Å². The molecule has 0 saturated carbocycles. The number of nitrogens with one attached hydrogen (secondary N) is 1. The summed E-state index contributed by atoms with van der Waals surface area (Å²) in [5, 5.41) is 14.7. The van der Waals surface area contributed by atoms with Crippen molar-refractivity contribution in [1.82, 2.24) is 4.98 Å². The third kappa shape index (κ3) is 5.54. The maximum Gasteiger partial charge on any atom is 0.343 e. The van der Waals surface area contributed by atoms with Gasteiger partial charge in [0.2, 0.25) is 0 Å². The number of hydrazone groups is 1. The lowest BCUT2D eigenvalue weighted by Gasteiger charge is -2.10. The fourth-order valence-electron chi connectivity index (χ4n) is 2.47. The minimum Gasteiger partial charge on any atom is -0.497 e. The van der Waals surface area contributed by atoms with Gasteiger partial charge in [-0.2, -0.15) is 5.10 Å². The second-order valence-electron chi connectivity index (χ2n) is 6.06. The highest BCUT2D eigenvalue weighted by Crippen LogP contribution is 2.28. The number of hydrogen-bond donors (Lipinski definition) is 1. The number of rotatable bonds is 8. The highest BCUT2D eigenvalue weighted by molar-refractivity contribution is 5.91. The summed E-state index contributed by atoms with van der Waals surface area (Å²) in [6.45, 7) is 0. The molecule has 0 fully saturated rings. The summed E-state index contributed by atoms with van der Waals surface area (Å²) in [4.78, 5) is 26.4. The van der Waals surface area contributed by atoms with Gasteiger partial charge in [0.05, 0.1) is 30.9 Å². The zero-order valence-electron chi connectivity index (χ0n) is 16.6. The van der Waals surface area contributed by atoms with Crippen LogP contribution in [0.2, 0.25) is 0 Å². The van der Waals surface area contributed by atoms with Gasteiger partial charge in [0, 0.05) is 6.07 Å². The molecule has 2 aromatic carbocycles. The Morgan fingerprint density at radius 3 is 2.45 bits per heavy atom. The fourth-order valence-corrected chi connectivity index (χ4v) is 2.47. The van der Waals surface area contributed by atoms with Crippen LogP contribution in [0.25, 0.3) is 0 Å². The molecule has 158 valence electrons. The van der Waals surface area contributed by atoms with E-state index in [1.165, 1.54) is 25.5 Å². The number of carbonyl (C=O) groups is 1. The van der Waals surface area contributed by atoms with Crippen molar-refractivity contribution in [2.45, 2.75) is 0 Å². The van der Waals surface area contributed by atoms with Crippen LogP contribution in [0.15, 0.2) is 65.9 Å². The molecule has 0 spiro atoms. The Kier molecular flexibility index (Phi) is 6.74. The van der Waals surface area contributed by atoms with E-state index in [9.17, 15) is 14.9 Å². The molecule has 1 heterocycles. The topological polar surface area (TPSA) is 125 Å². The zero-order chi connectivity index (χ0) is 22.2. The molecule has 0 bridgehead atoms. The maximum atomic E-state index is 12.4. The number of benzene rings is 2.